The number of hydrogen-bond donors (Lipinski definition) is 2. The van der Waals surface area contributed by atoms with Crippen molar-refractivity contribution < 1.29 is 5.11 Å². The van der Waals surface area contributed by atoms with Crippen molar-refractivity contribution in [2.24, 2.45) is 5.92 Å². The van der Waals surface area contributed by atoms with Crippen LogP contribution in [0.2, 0.25) is 0 Å². The molecule has 1 saturated carbocycles. The predicted octanol–water partition coefficient (Wildman–Crippen LogP) is 2.21. The summed E-state index contributed by atoms with van der Waals surface area (Å²) in [5.41, 5.74) is -0.647. The lowest BCUT2D eigenvalue weighted by Crippen LogP contribution is -2.44. The Morgan fingerprint density at radius 1 is 1.38 bits per heavy atom. The molecule has 0 spiro atoms. The normalized spacial score (nSPS) is 30.1. The van der Waals surface area contributed by atoms with Crippen molar-refractivity contribution >= 4 is 0 Å². The van der Waals surface area contributed by atoms with E-state index in [0.717, 1.165) is 19.3 Å². The molecule has 0 aromatic carbocycles. The molecule has 0 aromatic rings. The zero-order valence-electron chi connectivity index (χ0n) is 10.5. The van der Waals surface area contributed by atoms with Crippen molar-refractivity contribution in [3.05, 3.63) is 0 Å². The molecule has 3 heteroatoms. The summed E-state index contributed by atoms with van der Waals surface area (Å²) in [5, 5.41) is 22.4. The van der Waals surface area contributed by atoms with E-state index in [-0.39, 0.29) is 12.0 Å². The molecule has 0 radical (unpaired) electrons. The van der Waals surface area contributed by atoms with Crippen LogP contribution in [0, 0.1) is 17.2 Å². The monoisotopic (exact) mass is 224 g/mol. The molecule has 0 aliphatic heterocycles. The minimum atomic E-state index is -0.647. The molecule has 3 unspecified atom stereocenters. The molecule has 92 valence electrons. The summed E-state index contributed by atoms with van der Waals surface area (Å²) in [4.78, 5) is 0. The topological polar surface area (TPSA) is 56.0 Å². The zero-order valence-corrected chi connectivity index (χ0v) is 10.5. The SMILES string of the molecule is CCC(C)(O)CNC1CCCCCC1C#N. The first-order valence-electron chi connectivity index (χ1n) is 6.44. The Kier molecular flexibility index (Phi) is 5.24. The van der Waals surface area contributed by atoms with Gasteiger partial charge in [0.25, 0.3) is 0 Å². The van der Waals surface area contributed by atoms with Crippen LogP contribution < -0.4 is 5.32 Å². The smallest absolute Gasteiger partial charge is 0.0741 e. The van der Waals surface area contributed by atoms with Gasteiger partial charge in [-0.3, -0.25) is 0 Å². The van der Waals surface area contributed by atoms with Crippen molar-refractivity contribution in [2.75, 3.05) is 6.54 Å². The maximum absolute atomic E-state index is 9.94. The summed E-state index contributed by atoms with van der Waals surface area (Å²) in [6.07, 6.45) is 6.41. The van der Waals surface area contributed by atoms with Gasteiger partial charge < -0.3 is 10.4 Å². The Morgan fingerprint density at radius 3 is 2.69 bits per heavy atom. The summed E-state index contributed by atoms with van der Waals surface area (Å²) in [6, 6.07) is 2.67. The number of hydrogen-bond acceptors (Lipinski definition) is 3. The maximum Gasteiger partial charge on any atom is 0.0741 e. The number of nitriles is 1. The molecule has 1 aliphatic rings. The first-order valence-corrected chi connectivity index (χ1v) is 6.44. The fourth-order valence-electron chi connectivity index (χ4n) is 2.18. The van der Waals surface area contributed by atoms with Crippen LogP contribution in [0.4, 0.5) is 0 Å². The van der Waals surface area contributed by atoms with Crippen molar-refractivity contribution in [3.63, 3.8) is 0 Å². The lowest BCUT2D eigenvalue weighted by Gasteiger charge is -2.27. The summed E-state index contributed by atoms with van der Waals surface area (Å²) >= 11 is 0. The van der Waals surface area contributed by atoms with E-state index in [2.05, 4.69) is 11.4 Å². The lowest BCUT2D eigenvalue weighted by atomic mass is 9.95. The number of nitrogens with zero attached hydrogens (tertiary/aromatic N) is 1. The highest BCUT2D eigenvalue weighted by atomic mass is 16.3. The quantitative estimate of drug-likeness (QED) is 0.720. The summed E-state index contributed by atoms with van der Waals surface area (Å²) in [6.45, 7) is 4.42. The number of nitrogens with one attached hydrogen (secondary N) is 1. The van der Waals surface area contributed by atoms with E-state index >= 15 is 0 Å². The Labute approximate surface area is 98.8 Å². The van der Waals surface area contributed by atoms with Crippen molar-refractivity contribution in [2.45, 2.75) is 64.0 Å². The van der Waals surface area contributed by atoms with Gasteiger partial charge in [0.05, 0.1) is 17.6 Å². The standard InChI is InChI=1S/C13H24N2O/c1-3-13(2,16)10-15-12-8-6-4-5-7-11(12)9-14/h11-12,15-16H,3-8,10H2,1-2H3. The second kappa shape index (κ2) is 6.22. The van der Waals surface area contributed by atoms with Gasteiger partial charge in [0.1, 0.15) is 0 Å². The Hall–Kier alpha value is -0.590. The fraction of sp³-hybridized carbons (Fsp3) is 0.923. The average Bonchev–Trinajstić information content (AvgIpc) is 2.51. The van der Waals surface area contributed by atoms with Crippen molar-refractivity contribution in [1.82, 2.24) is 5.32 Å². The molecule has 2 N–H and O–H groups in total. The van der Waals surface area contributed by atoms with E-state index in [1.54, 1.807) is 0 Å². The van der Waals surface area contributed by atoms with Crippen LogP contribution in [-0.4, -0.2) is 23.3 Å². The summed E-state index contributed by atoms with van der Waals surface area (Å²) in [7, 11) is 0. The third-order valence-corrected chi connectivity index (χ3v) is 3.69. The fourth-order valence-corrected chi connectivity index (χ4v) is 2.18. The Balaban J connectivity index is 2.46. The molecule has 0 amide bonds. The van der Waals surface area contributed by atoms with E-state index < -0.39 is 5.60 Å². The molecular formula is C13H24N2O. The van der Waals surface area contributed by atoms with E-state index in [1.807, 2.05) is 13.8 Å². The molecule has 0 aromatic heterocycles. The molecule has 1 rings (SSSR count). The first kappa shape index (κ1) is 13.5. The second-order valence-electron chi connectivity index (χ2n) is 5.21. The first-order chi connectivity index (χ1) is 7.59. The third kappa shape index (κ3) is 4.11. The van der Waals surface area contributed by atoms with Gasteiger partial charge in [-0.15, -0.1) is 0 Å². The molecule has 3 atom stereocenters. The Morgan fingerprint density at radius 2 is 2.06 bits per heavy atom. The van der Waals surface area contributed by atoms with Gasteiger partial charge in [0, 0.05) is 12.6 Å². The van der Waals surface area contributed by atoms with Crippen molar-refractivity contribution in [3.8, 4) is 6.07 Å². The average molecular weight is 224 g/mol. The lowest BCUT2D eigenvalue weighted by molar-refractivity contribution is 0.0510. The molecular weight excluding hydrogens is 200 g/mol. The minimum absolute atomic E-state index is 0.121. The molecule has 0 heterocycles. The third-order valence-electron chi connectivity index (χ3n) is 3.69. The highest BCUT2D eigenvalue weighted by molar-refractivity contribution is 4.94. The van der Waals surface area contributed by atoms with Crippen molar-refractivity contribution in [1.29, 1.82) is 5.26 Å². The van der Waals surface area contributed by atoms with E-state index in [4.69, 9.17) is 5.26 Å². The molecule has 16 heavy (non-hydrogen) atoms. The van der Waals surface area contributed by atoms with Gasteiger partial charge in [0.2, 0.25) is 0 Å². The zero-order chi connectivity index (χ0) is 12.0. The Bertz CT molecular complexity index is 245. The van der Waals surface area contributed by atoms with Gasteiger partial charge in [0.15, 0.2) is 0 Å². The van der Waals surface area contributed by atoms with E-state index in [9.17, 15) is 5.11 Å². The van der Waals surface area contributed by atoms with Crippen LogP contribution in [-0.2, 0) is 0 Å². The molecule has 1 aliphatic carbocycles. The van der Waals surface area contributed by atoms with Crippen LogP contribution in [0.1, 0.15) is 52.4 Å². The molecule has 3 nitrogen and oxygen atoms in total. The molecule has 0 bridgehead atoms. The molecule has 1 fully saturated rings. The molecule has 0 saturated heterocycles. The van der Waals surface area contributed by atoms with Gasteiger partial charge in [-0.1, -0.05) is 26.2 Å². The second-order valence-corrected chi connectivity index (χ2v) is 5.21. The summed E-state index contributed by atoms with van der Waals surface area (Å²) < 4.78 is 0. The van der Waals surface area contributed by atoms with E-state index in [1.165, 1.54) is 19.3 Å². The van der Waals surface area contributed by atoms with Gasteiger partial charge in [-0.25, -0.2) is 0 Å². The highest BCUT2D eigenvalue weighted by Gasteiger charge is 2.26. The van der Waals surface area contributed by atoms with Crippen LogP contribution >= 0.6 is 0 Å². The number of aliphatic hydroxyl groups is 1. The van der Waals surface area contributed by atoms with Gasteiger partial charge >= 0.3 is 0 Å². The summed E-state index contributed by atoms with van der Waals surface area (Å²) in [5.74, 6) is 0.121. The van der Waals surface area contributed by atoms with E-state index in [0.29, 0.717) is 6.54 Å². The van der Waals surface area contributed by atoms with Gasteiger partial charge in [-0.05, 0) is 26.2 Å². The maximum atomic E-state index is 9.94. The largest absolute Gasteiger partial charge is 0.389 e. The predicted molar refractivity (Wildman–Crippen MR) is 64.9 cm³/mol. The van der Waals surface area contributed by atoms with Crippen LogP contribution in [0.25, 0.3) is 0 Å². The van der Waals surface area contributed by atoms with Crippen LogP contribution in [0.5, 0.6) is 0 Å². The van der Waals surface area contributed by atoms with Crippen LogP contribution in [0.15, 0.2) is 0 Å². The van der Waals surface area contributed by atoms with Crippen LogP contribution in [0.3, 0.4) is 0 Å². The van der Waals surface area contributed by atoms with Gasteiger partial charge in [-0.2, -0.15) is 5.26 Å². The number of rotatable bonds is 4. The highest BCUT2D eigenvalue weighted by Crippen LogP contribution is 2.23. The minimum Gasteiger partial charge on any atom is -0.389 e.